The molecular formula is C12H27N3. The summed E-state index contributed by atoms with van der Waals surface area (Å²) in [5.41, 5.74) is 5.54. The molecule has 0 radical (unpaired) electrons. The molecule has 0 spiro atoms. The first kappa shape index (κ1) is 12.9. The first-order chi connectivity index (χ1) is 7.22. The van der Waals surface area contributed by atoms with Gasteiger partial charge in [-0.15, -0.1) is 0 Å². The molecule has 1 unspecified atom stereocenters. The number of hydrogen-bond donors (Lipinski definition) is 2. The molecule has 0 saturated carbocycles. The SMILES string of the molecule is CC1CCN(CCCNC(C)CN)CC1. The van der Waals surface area contributed by atoms with Crippen molar-refractivity contribution in [1.82, 2.24) is 10.2 Å². The molecule has 90 valence electrons. The van der Waals surface area contributed by atoms with E-state index in [0.29, 0.717) is 6.04 Å². The molecule has 0 bridgehead atoms. The van der Waals surface area contributed by atoms with Crippen LogP contribution in [0.1, 0.15) is 33.1 Å². The van der Waals surface area contributed by atoms with E-state index in [1.54, 1.807) is 0 Å². The summed E-state index contributed by atoms with van der Waals surface area (Å²) in [6.45, 7) is 10.2. The number of likely N-dealkylation sites (tertiary alicyclic amines) is 1. The zero-order valence-corrected chi connectivity index (χ0v) is 10.3. The standard InChI is InChI=1S/C12H27N3/c1-11-4-8-15(9-5-11)7-3-6-14-12(2)10-13/h11-12,14H,3-10,13H2,1-2H3. The maximum Gasteiger partial charge on any atom is 0.0161 e. The molecule has 3 heteroatoms. The zero-order valence-electron chi connectivity index (χ0n) is 10.3. The average molecular weight is 213 g/mol. The first-order valence-corrected chi connectivity index (χ1v) is 6.38. The lowest BCUT2D eigenvalue weighted by Crippen LogP contribution is -2.37. The van der Waals surface area contributed by atoms with Gasteiger partial charge < -0.3 is 16.0 Å². The van der Waals surface area contributed by atoms with E-state index in [9.17, 15) is 0 Å². The molecule has 0 aliphatic carbocycles. The minimum absolute atomic E-state index is 0.464. The van der Waals surface area contributed by atoms with Crippen LogP contribution in [0.5, 0.6) is 0 Å². The van der Waals surface area contributed by atoms with Crippen molar-refractivity contribution in [3.05, 3.63) is 0 Å². The van der Waals surface area contributed by atoms with E-state index >= 15 is 0 Å². The summed E-state index contributed by atoms with van der Waals surface area (Å²) < 4.78 is 0. The molecule has 0 aromatic rings. The second-order valence-corrected chi connectivity index (χ2v) is 4.97. The predicted molar refractivity (Wildman–Crippen MR) is 66.0 cm³/mol. The van der Waals surface area contributed by atoms with Crippen molar-refractivity contribution >= 4 is 0 Å². The van der Waals surface area contributed by atoms with E-state index in [0.717, 1.165) is 19.0 Å². The Kier molecular flexibility index (Phi) is 6.22. The van der Waals surface area contributed by atoms with Gasteiger partial charge in [0, 0.05) is 12.6 Å². The van der Waals surface area contributed by atoms with Gasteiger partial charge in [-0.2, -0.15) is 0 Å². The number of hydrogen-bond acceptors (Lipinski definition) is 3. The zero-order chi connectivity index (χ0) is 11.1. The van der Waals surface area contributed by atoms with Crippen LogP contribution >= 0.6 is 0 Å². The highest BCUT2D eigenvalue weighted by Crippen LogP contribution is 2.15. The summed E-state index contributed by atoms with van der Waals surface area (Å²) in [7, 11) is 0. The normalized spacial score (nSPS) is 21.8. The Labute approximate surface area is 94.4 Å². The summed E-state index contributed by atoms with van der Waals surface area (Å²) in [5, 5.41) is 3.43. The molecule has 1 aliphatic heterocycles. The summed E-state index contributed by atoms with van der Waals surface area (Å²) in [5.74, 6) is 0.941. The van der Waals surface area contributed by atoms with Crippen LogP contribution in [0, 0.1) is 5.92 Å². The number of piperidine rings is 1. The lowest BCUT2D eigenvalue weighted by molar-refractivity contribution is 0.190. The Morgan fingerprint density at radius 2 is 2.07 bits per heavy atom. The lowest BCUT2D eigenvalue weighted by Gasteiger charge is -2.30. The fourth-order valence-corrected chi connectivity index (χ4v) is 2.02. The number of nitrogens with two attached hydrogens (primary N) is 1. The van der Waals surface area contributed by atoms with Crippen molar-refractivity contribution in [3.63, 3.8) is 0 Å². The van der Waals surface area contributed by atoms with Gasteiger partial charge in [-0.05, 0) is 58.3 Å². The van der Waals surface area contributed by atoms with E-state index in [2.05, 4.69) is 24.1 Å². The van der Waals surface area contributed by atoms with Crippen LogP contribution in [0.2, 0.25) is 0 Å². The van der Waals surface area contributed by atoms with Crippen LogP contribution in [0.3, 0.4) is 0 Å². The van der Waals surface area contributed by atoms with Gasteiger partial charge in [-0.25, -0.2) is 0 Å². The third kappa shape index (κ3) is 5.50. The van der Waals surface area contributed by atoms with Gasteiger partial charge >= 0.3 is 0 Å². The molecule has 3 nitrogen and oxygen atoms in total. The van der Waals surface area contributed by atoms with Crippen molar-refractivity contribution < 1.29 is 0 Å². The van der Waals surface area contributed by atoms with Crippen molar-refractivity contribution in [3.8, 4) is 0 Å². The van der Waals surface area contributed by atoms with E-state index < -0.39 is 0 Å². The Balaban J connectivity index is 1.96. The largest absolute Gasteiger partial charge is 0.329 e. The molecule has 1 fully saturated rings. The van der Waals surface area contributed by atoms with Crippen LogP contribution in [-0.2, 0) is 0 Å². The summed E-state index contributed by atoms with van der Waals surface area (Å²) >= 11 is 0. The number of rotatable bonds is 6. The van der Waals surface area contributed by atoms with Gasteiger partial charge in [-0.3, -0.25) is 0 Å². The van der Waals surface area contributed by atoms with Crippen molar-refractivity contribution in [2.45, 2.75) is 39.2 Å². The van der Waals surface area contributed by atoms with E-state index in [4.69, 9.17) is 5.73 Å². The van der Waals surface area contributed by atoms with Gasteiger partial charge in [0.05, 0.1) is 0 Å². The van der Waals surface area contributed by atoms with Crippen molar-refractivity contribution in [2.24, 2.45) is 11.7 Å². The van der Waals surface area contributed by atoms with Crippen LogP contribution < -0.4 is 11.1 Å². The molecule has 3 N–H and O–H groups in total. The lowest BCUT2D eigenvalue weighted by atomic mass is 9.99. The predicted octanol–water partition coefficient (Wildman–Crippen LogP) is 1.05. The third-order valence-corrected chi connectivity index (χ3v) is 3.37. The molecule has 0 amide bonds. The highest BCUT2D eigenvalue weighted by Gasteiger charge is 2.14. The van der Waals surface area contributed by atoms with Crippen LogP contribution in [0.25, 0.3) is 0 Å². The molecule has 1 saturated heterocycles. The monoisotopic (exact) mass is 213 g/mol. The number of nitrogens with one attached hydrogen (secondary N) is 1. The van der Waals surface area contributed by atoms with Gasteiger partial charge in [0.1, 0.15) is 0 Å². The van der Waals surface area contributed by atoms with Crippen LogP contribution in [0.4, 0.5) is 0 Å². The van der Waals surface area contributed by atoms with Gasteiger partial charge in [0.25, 0.3) is 0 Å². The first-order valence-electron chi connectivity index (χ1n) is 6.38. The van der Waals surface area contributed by atoms with Gasteiger partial charge in [0.15, 0.2) is 0 Å². The fourth-order valence-electron chi connectivity index (χ4n) is 2.02. The van der Waals surface area contributed by atoms with Crippen LogP contribution in [-0.4, -0.2) is 43.7 Å². The summed E-state index contributed by atoms with van der Waals surface area (Å²) in [6, 6.07) is 0.464. The van der Waals surface area contributed by atoms with E-state index in [1.165, 1.54) is 38.9 Å². The maximum absolute atomic E-state index is 5.54. The fraction of sp³-hybridized carbons (Fsp3) is 1.00. The summed E-state index contributed by atoms with van der Waals surface area (Å²) in [4.78, 5) is 2.59. The minimum atomic E-state index is 0.464. The topological polar surface area (TPSA) is 41.3 Å². The average Bonchev–Trinajstić information content (AvgIpc) is 2.26. The van der Waals surface area contributed by atoms with Crippen molar-refractivity contribution in [2.75, 3.05) is 32.7 Å². The minimum Gasteiger partial charge on any atom is -0.329 e. The smallest absolute Gasteiger partial charge is 0.0161 e. The second-order valence-electron chi connectivity index (χ2n) is 4.97. The van der Waals surface area contributed by atoms with Crippen molar-refractivity contribution in [1.29, 1.82) is 0 Å². The molecule has 1 heterocycles. The molecule has 1 aliphatic rings. The third-order valence-electron chi connectivity index (χ3n) is 3.37. The second kappa shape index (κ2) is 7.20. The highest BCUT2D eigenvalue weighted by atomic mass is 15.1. The molecule has 1 atom stereocenters. The molecule has 0 aromatic carbocycles. The Morgan fingerprint density at radius 1 is 1.40 bits per heavy atom. The van der Waals surface area contributed by atoms with Gasteiger partial charge in [-0.1, -0.05) is 6.92 Å². The molecule has 0 aromatic heterocycles. The van der Waals surface area contributed by atoms with E-state index in [-0.39, 0.29) is 0 Å². The number of nitrogens with zero attached hydrogens (tertiary/aromatic N) is 1. The molecule has 15 heavy (non-hydrogen) atoms. The van der Waals surface area contributed by atoms with E-state index in [1.807, 2.05) is 0 Å². The Morgan fingerprint density at radius 3 is 2.67 bits per heavy atom. The van der Waals surface area contributed by atoms with Crippen LogP contribution in [0.15, 0.2) is 0 Å². The molecule has 1 rings (SSSR count). The maximum atomic E-state index is 5.54. The van der Waals surface area contributed by atoms with Gasteiger partial charge in [0.2, 0.25) is 0 Å². The highest BCUT2D eigenvalue weighted by molar-refractivity contribution is 4.70. The quantitative estimate of drug-likeness (QED) is 0.648. The molecular weight excluding hydrogens is 186 g/mol. The Bertz CT molecular complexity index is 153. The summed E-state index contributed by atoms with van der Waals surface area (Å²) in [6.07, 6.45) is 4.01. The Hall–Kier alpha value is -0.120.